The Hall–Kier alpha value is -1.30. The van der Waals surface area contributed by atoms with Crippen molar-refractivity contribution in [3.8, 4) is 0 Å². The number of unbranched alkanes of at least 4 members (excludes halogenated alkanes) is 9. The molecule has 0 saturated carbocycles. The molecule has 0 aromatic rings. The first-order valence-electron chi connectivity index (χ1n) is 9.47. The molecule has 6 nitrogen and oxygen atoms in total. The highest BCUT2D eigenvalue weighted by Crippen LogP contribution is 2.10. The molecule has 3 N–H and O–H groups in total. The van der Waals surface area contributed by atoms with Crippen LogP contribution in [-0.2, 0) is 4.79 Å². The van der Waals surface area contributed by atoms with Gasteiger partial charge in [-0.1, -0.05) is 64.7 Å². The molecular weight excluding hydrogens is 308 g/mol. The summed E-state index contributed by atoms with van der Waals surface area (Å²) in [6.45, 7) is 3.16. The Morgan fingerprint density at radius 3 is 1.92 bits per heavy atom. The van der Waals surface area contributed by atoms with Crippen molar-refractivity contribution in [3.63, 3.8) is 0 Å². The van der Waals surface area contributed by atoms with E-state index in [0.717, 1.165) is 12.8 Å². The number of nitrogens with one attached hydrogen (secondary N) is 1. The van der Waals surface area contributed by atoms with Gasteiger partial charge >= 0.3 is 12.0 Å². The second kappa shape index (κ2) is 16.6. The minimum atomic E-state index is -0.932. The smallest absolute Gasteiger partial charge is 0.317 e. The lowest BCUT2D eigenvalue weighted by Gasteiger charge is -2.22. The van der Waals surface area contributed by atoms with Gasteiger partial charge in [-0.15, -0.1) is 0 Å². The van der Waals surface area contributed by atoms with Crippen LogP contribution in [0.4, 0.5) is 4.79 Å². The first kappa shape index (κ1) is 22.7. The number of aliphatic carboxylic acids is 1. The Morgan fingerprint density at radius 1 is 0.875 bits per heavy atom. The van der Waals surface area contributed by atoms with Crippen molar-refractivity contribution < 1.29 is 19.8 Å². The van der Waals surface area contributed by atoms with E-state index in [1.807, 2.05) is 0 Å². The zero-order valence-electron chi connectivity index (χ0n) is 15.3. The van der Waals surface area contributed by atoms with E-state index in [1.165, 1.54) is 51.4 Å². The third-order valence-corrected chi connectivity index (χ3v) is 4.05. The van der Waals surface area contributed by atoms with E-state index in [-0.39, 0.29) is 32.1 Å². The molecule has 6 heteroatoms. The van der Waals surface area contributed by atoms with Gasteiger partial charge in [-0.2, -0.15) is 0 Å². The maximum absolute atomic E-state index is 11.9. The number of aliphatic hydroxyl groups is 1. The monoisotopic (exact) mass is 344 g/mol. The van der Waals surface area contributed by atoms with Crippen LogP contribution in [0, 0.1) is 0 Å². The average molecular weight is 344 g/mol. The summed E-state index contributed by atoms with van der Waals surface area (Å²) < 4.78 is 0. The van der Waals surface area contributed by atoms with Gasteiger partial charge in [-0.3, -0.25) is 4.79 Å². The van der Waals surface area contributed by atoms with Gasteiger partial charge in [0.25, 0.3) is 0 Å². The Kier molecular flexibility index (Phi) is 15.7. The Morgan fingerprint density at radius 2 is 1.42 bits per heavy atom. The van der Waals surface area contributed by atoms with Crippen LogP contribution in [0.15, 0.2) is 0 Å². The fourth-order valence-electron chi connectivity index (χ4n) is 2.61. The molecule has 142 valence electrons. The predicted molar refractivity (Wildman–Crippen MR) is 96.2 cm³/mol. The van der Waals surface area contributed by atoms with Crippen LogP contribution >= 0.6 is 0 Å². The van der Waals surface area contributed by atoms with Crippen molar-refractivity contribution in [2.75, 3.05) is 26.2 Å². The van der Waals surface area contributed by atoms with Gasteiger partial charge in [0.05, 0.1) is 13.0 Å². The first-order chi connectivity index (χ1) is 11.6. The molecule has 0 heterocycles. The molecule has 0 bridgehead atoms. The van der Waals surface area contributed by atoms with Crippen LogP contribution in [0.25, 0.3) is 0 Å². The zero-order chi connectivity index (χ0) is 18.0. The van der Waals surface area contributed by atoms with Gasteiger partial charge in [0.1, 0.15) is 0 Å². The molecule has 0 aliphatic heterocycles. The van der Waals surface area contributed by atoms with Crippen molar-refractivity contribution in [3.05, 3.63) is 0 Å². The lowest BCUT2D eigenvalue weighted by Crippen LogP contribution is -2.42. The maximum atomic E-state index is 11.9. The highest BCUT2D eigenvalue weighted by molar-refractivity contribution is 5.75. The van der Waals surface area contributed by atoms with E-state index in [0.29, 0.717) is 6.54 Å². The number of urea groups is 1. The summed E-state index contributed by atoms with van der Waals surface area (Å²) in [5, 5.41) is 20.2. The molecule has 0 aliphatic rings. The van der Waals surface area contributed by atoms with Crippen LogP contribution in [0.3, 0.4) is 0 Å². The number of nitrogens with zero attached hydrogens (tertiary/aromatic N) is 1. The number of amides is 2. The minimum absolute atomic E-state index is 0.0793. The third kappa shape index (κ3) is 14.3. The van der Waals surface area contributed by atoms with E-state index in [9.17, 15) is 9.59 Å². The van der Waals surface area contributed by atoms with Crippen LogP contribution in [0.2, 0.25) is 0 Å². The zero-order valence-corrected chi connectivity index (χ0v) is 15.3. The molecule has 0 unspecified atom stereocenters. The molecular formula is C18H36N2O4. The van der Waals surface area contributed by atoms with Crippen LogP contribution < -0.4 is 5.32 Å². The normalized spacial score (nSPS) is 10.6. The number of carbonyl (C=O) groups is 2. The topological polar surface area (TPSA) is 89.9 Å². The van der Waals surface area contributed by atoms with Crippen LogP contribution in [0.5, 0.6) is 0 Å². The summed E-state index contributed by atoms with van der Waals surface area (Å²) in [6.07, 6.45) is 12.3. The molecule has 0 radical (unpaired) electrons. The number of hydrogen-bond donors (Lipinski definition) is 3. The van der Waals surface area contributed by atoms with E-state index >= 15 is 0 Å². The average Bonchev–Trinajstić information content (AvgIpc) is 2.55. The largest absolute Gasteiger partial charge is 0.481 e. The Labute approximate surface area is 146 Å². The molecule has 0 aromatic carbocycles. The predicted octanol–water partition coefficient (Wildman–Crippen LogP) is 3.39. The van der Waals surface area contributed by atoms with Crippen molar-refractivity contribution in [1.82, 2.24) is 10.2 Å². The van der Waals surface area contributed by atoms with E-state index < -0.39 is 5.97 Å². The summed E-state index contributed by atoms with van der Waals surface area (Å²) in [4.78, 5) is 23.9. The van der Waals surface area contributed by atoms with Gasteiger partial charge in [0, 0.05) is 19.6 Å². The third-order valence-electron chi connectivity index (χ3n) is 4.05. The van der Waals surface area contributed by atoms with E-state index in [2.05, 4.69) is 12.2 Å². The second-order valence-corrected chi connectivity index (χ2v) is 6.27. The molecule has 0 atom stereocenters. The lowest BCUT2D eigenvalue weighted by atomic mass is 10.1. The number of carboxylic acids is 1. The SMILES string of the molecule is CCCCCCCCCCCCN(CCO)C(=O)NCCC(=O)O. The number of carboxylic acid groups (broad SMARTS) is 1. The van der Waals surface area contributed by atoms with Gasteiger partial charge in [-0.05, 0) is 6.42 Å². The Bertz CT molecular complexity index is 324. The number of hydrogen-bond acceptors (Lipinski definition) is 3. The number of rotatable bonds is 16. The standard InChI is InChI=1S/C18H36N2O4/c1-2-3-4-5-6-7-8-9-10-11-14-20(15-16-21)18(24)19-13-12-17(22)23/h21H,2-16H2,1H3,(H,19,24)(H,22,23). The van der Waals surface area contributed by atoms with Gasteiger partial charge in [-0.25, -0.2) is 4.79 Å². The van der Waals surface area contributed by atoms with E-state index in [1.54, 1.807) is 4.90 Å². The van der Waals surface area contributed by atoms with Gasteiger partial charge < -0.3 is 20.4 Å². The molecule has 0 rings (SSSR count). The first-order valence-corrected chi connectivity index (χ1v) is 9.47. The molecule has 0 fully saturated rings. The van der Waals surface area contributed by atoms with Crippen molar-refractivity contribution in [1.29, 1.82) is 0 Å². The fourth-order valence-corrected chi connectivity index (χ4v) is 2.61. The summed E-state index contributed by atoms with van der Waals surface area (Å²) >= 11 is 0. The van der Waals surface area contributed by atoms with Crippen LogP contribution in [-0.4, -0.2) is 53.4 Å². The van der Waals surface area contributed by atoms with Crippen molar-refractivity contribution >= 4 is 12.0 Å². The molecule has 0 saturated heterocycles. The molecule has 0 aliphatic carbocycles. The maximum Gasteiger partial charge on any atom is 0.317 e. The highest BCUT2D eigenvalue weighted by atomic mass is 16.4. The second-order valence-electron chi connectivity index (χ2n) is 6.27. The van der Waals surface area contributed by atoms with Crippen LogP contribution in [0.1, 0.15) is 77.6 Å². The minimum Gasteiger partial charge on any atom is -0.481 e. The van der Waals surface area contributed by atoms with E-state index in [4.69, 9.17) is 10.2 Å². The summed E-state index contributed by atoms with van der Waals surface area (Å²) in [5.41, 5.74) is 0. The number of carbonyl (C=O) groups excluding carboxylic acids is 1. The summed E-state index contributed by atoms with van der Waals surface area (Å²) in [6, 6.07) is -0.291. The lowest BCUT2D eigenvalue weighted by molar-refractivity contribution is -0.136. The quantitative estimate of drug-likeness (QED) is 0.374. The summed E-state index contributed by atoms with van der Waals surface area (Å²) in [5.74, 6) is -0.932. The molecule has 24 heavy (non-hydrogen) atoms. The van der Waals surface area contributed by atoms with Crippen molar-refractivity contribution in [2.45, 2.75) is 77.6 Å². The highest BCUT2D eigenvalue weighted by Gasteiger charge is 2.12. The Balaban J connectivity index is 3.66. The number of aliphatic hydroxyl groups excluding tert-OH is 1. The van der Waals surface area contributed by atoms with Gasteiger partial charge in [0.15, 0.2) is 0 Å². The molecule has 2 amide bonds. The molecule has 0 aromatic heterocycles. The van der Waals surface area contributed by atoms with Crippen molar-refractivity contribution in [2.24, 2.45) is 0 Å². The van der Waals surface area contributed by atoms with Gasteiger partial charge in [0.2, 0.25) is 0 Å². The summed E-state index contributed by atoms with van der Waals surface area (Å²) in [7, 11) is 0. The molecule has 0 spiro atoms. The fraction of sp³-hybridized carbons (Fsp3) is 0.889.